The maximum absolute atomic E-state index is 13.1. The summed E-state index contributed by atoms with van der Waals surface area (Å²) in [5.74, 6) is 0.823. The van der Waals surface area contributed by atoms with Gasteiger partial charge in [-0.3, -0.25) is 14.4 Å². The van der Waals surface area contributed by atoms with E-state index in [4.69, 9.17) is 0 Å². The molecule has 39 heavy (non-hydrogen) atoms. The van der Waals surface area contributed by atoms with E-state index in [0.717, 1.165) is 22.6 Å². The zero-order chi connectivity index (χ0) is 27.9. The molecule has 0 aliphatic heterocycles. The fourth-order valence-corrected chi connectivity index (χ4v) is 4.62. The molecule has 0 aliphatic carbocycles. The molecule has 205 valence electrons. The van der Waals surface area contributed by atoms with Crippen LogP contribution in [0.4, 0.5) is 0 Å². The van der Waals surface area contributed by atoms with Gasteiger partial charge in [-0.25, -0.2) is 0 Å². The lowest BCUT2D eigenvalue weighted by atomic mass is 9.68. The number of hydrogen-bond acceptors (Lipinski definition) is 3. The predicted octanol–water partition coefficient (Wildman–Crippen LogP) is 5.49. The van der Waals surface area contributed by atoms with E-state index in [2.05, 4.69) is 16.0 Å². The van der Waals surface area contributed by atoms with Crippen molar-refractivity contribution in [1.29, 1.82) is 0 Å². The van der Waals surface area contributed by atoms with Gasteiger partial charge in [-0.2, -0.15) is 0 Å². The first-order valence-electron chi connectivity index (χ1n) is 13.6. The molecule has 0 aromatic heterocycles. The molecule has 3 aromatic carbocycles. The normalized spacial score (nSPS) is 11.2. The van der Waals surface area contributed by atoms with Gasteiger partial charge in [0, 0.05) is 38.9 Å². The van der Waals surface area contributed by atoms with Gasteiger partial charge in [0.15, 0.2) is 0 Å². The van der Waals surface area contributed by atoms with E-state index in [0.29, 0.717) is 32.5 Å². The highest BCUT2D eigenvalue weighted by atomic mass is 16.2. The molecule has 3 N–H and O–H groups in total. The van der Waals surface area contributed by atoms with Gasteiger partial charge in [0.1, 0.15) is 0 Å². The molecule has 0 spiro atoms. The molecule has 0 unspecified atom stereocenters. The molecule has 0 saturated carbocycles. The van der Waals surface area contributed by atoms with Crippen molar-refractivity contribution in [3.8, 4) is 0 Å². The Labute approximate surface area is 232 Å². The van der Waals surface area contributed by atoms with E-state index < -0.39 is 5.41 Å². The maximum Gasteiger partial charge on any atom is 0.220 e. The summed E-state index contributed by atoms with van der Waals surface area (Å²) in [5.41, 5.74) is 2.51. The zero-order valence-electron chi connectivity index (χ0n) is 23.0. The highest BCUT2D eigenvalue weighted by molar-refractivity contribution is 5.79. The number of amides is 3. The van der Waals surface area contributed by atoms with E-state index in [1.165, 1.54) is 0 Å². The van der Waals surface area contributed by atoms with Crippen molar-refractivity contribution in [2.24, 2.45) is 5.41 Å². The Morgan fingerprint density at radius 1 is 0.538 bits per heavy atom. The van der Waals surface area contributed by atoms with Crippen molar-refractivity contribution in [2.45, 2.75) is 65.6 Å². The number of benzene rings is 3. The van der Waals surface area contributed by atoms with Gasteiger partial charge in [0.05, 0.1) is 0 Å². The molecule has 3 amide bonds. The number of carbonyl (C=O) groups is 3. The molecule has 1 radical (unpaired) electrons. The van der Waals surface area contributed by atoms with Gasteiger partial charge < -0.3 is 16.0 Å². The summed E-state index contributed by atoms with van der Waals surface area (Å²) in [6, 6.07) is 29.3. The molecule has 0 atom stereocenters. The quantitative estimate of drug-likeness (QED) is 0.245. The summed E-state index contributed by atoms with van der Waals surface area (Å²) in [5, 5.41) is 9.00. The minimum absolute atomic E-state index is 0.0669. The average molecular weight is 527 g/mol. The average Bonchev–Trinajstić information content (AvgIpc) is 2.96. The van der Waals surface area contributed by atoms with Crippen LogP contribution in [-0.4, -0.2) is 17.7 Å². The van der Waals surface area contributed by atoms with Crippen LogP contribution in [0.1, 0.15) is 62.6 Å². The third-order valence-corrected chi connectivity index (χ3v) is 7.22. The monoisotopic (exact) mass is 526 g/mol. The zero-order valence-corrected chi connectivity index (χ0v) is 23.0. The van der Waals surface area contributed by atoms with E-state index >= 15 is 0 Å². The number of rotatable bonds is 15. The number of hydrogen-bond donors (Lipinski definition) is 3. The van der Waals surface area contributed by atoms with Gasteiger partial charge in [-0.15, -0.1) is 0 Å². The minimum Gasteiger partial charge on any atom is -0.352 e. The summed E-state index contributed by atoms with van der Waals surface area (Å²) in [6.07, 6.45) is 1.74. The molecule has 0 heterocycles. The Balaban J connectivity index is 1.62. The Bertz CT molecular complexity index is 1110. The topological polar surface area (TPSA) is 87.3 Å². The van der Waals surface area contributed by atoms with Gasteiger partial charge >= 0.3 is 0 Å². The Hall–Kier alpha value is -3.93. The number of nitrogens with one attached hydrogen (secondary N) is 3. The first kappa shape index (κ1) is 29.6. The molecule has 0 bridgehead atoms. The van der Waals surface area contributed by atoms with Crippen molar-refractivity contribution < 1.29 is 14.4 Å². The van der Waals surface area contributed by atoms with Crippen molar-refractivity contribution >= 4 is 17.7 Å². The number of carbonyl (C=O) groups excluding carboxylic acids is 3. The van der Waals surface area contributed by atoms with Crippen molar-refractivity contribution in [3.63, 3.8) is 0 Å². The van der Waals surface area contributed by atoms with Crippen LogP contribution in [0.25, 0.3) is 0 Å². The Morgan fingerprint density at radius 3 is 1.21 bits per heavy atom. The smallest absolute Gasteiger partial charge is 0.220 e. The summed E-state index contributed by atoms with van der Waals surface area (Å²) in [6.45, 7) is 5.35. The van der Waals surface area contributed by atoms with Gasteiger partial charge in [0.25, 0.3) is 0 Å². The lowest BCUT2D eigenvalue weighted by Gasteiger charge is -2.37. The first-order valence-corrected chi connectivity index (χ1v) is 13.6. The highest BCUT2D eigenvalue weighted by Crippen LogP contribution is 2.42. The Morgan fingerprint density at radius 2 is 0.872 bits per heavy atom. The molecular weight excluding hydrogens is 486 g/mol. The highest BCUT2D eigenvalue weighted by Gasteiger charge is 2.37. The van der Waals surface area contributed by atoms with Crippen LogP contribution < -0.4 is 16.0 Å². The van der Waals surface area contributed by atoms with Crippen LogP contribution in [0.15, 0.2) is 91.0 Å². The second-order valence-electron chi connectivity index (χ2n) is 10.2. The largest absolute Gasteiger partial charge is 0.352 e. The van der Waals surface area contributed by atoms with E-state index in [-0.39, 0.29) is 37.0 Å². The van der Waals surface area contributed by atoms with Crippen LogP contribution in [0, 0.1) is 11.3 Å². The first-order chi connectivity index (χ1) is 18.9. The summed E-state index contributed by atoms with van der Waals surface area (Å²) < 4.78 is 0. The van der Waals surface area contributed by atoms with Gasteiger partial charge in [-0.05, 0) is 40.9 Å². The lowest BCUT2D eigenvalue weighted by molar-refractivity contribution is -0.126. The van der Waals surface area contributed by atoms with Gasteiger partial charge in [0.2, 0.25) is 17.7 Å². The molecule has 6 heteroatoms. The third-order valence-electron chi connectivity index (χ3n) is 7.22. The Kier molecular flexibility index (Phi) is 11.8. The summed E-state index contributed by atoms with van der Waals surface area (Å²) in [4.78, 5) is 38.7. The second kappa shape index (κ2) is 15.5. The minimum atomic E-state index is -0.574. The fraction of sp³-hybridized carbons (Fsp3) is 0.333. The molecular formula is C33H40N3O3. The summed E-state index contributed by atoms with van der Waals surface area (Å²) in [7, 11) is 0. The van der Waals surface area contributed by atoms with E-state index in [1.54, 1.807) is 0 Å². The van der Waals surface area contributed by atoms with Crippen LogP contribution in [0.5, 0.6) is 0 Å². The van der Waals surface area contributed by atoms with E-state index in [9.17, 15) is 14.4 Å². The maximum atomic E-state index is 13.1. The van der Waals surface area contributed by atoms with Crippen LogP contribution in [-0.2, 0) is 34.0 Å². The molecule has 6 nitrogen and oxygen atoms in total. The van der Waals surface area contributed by atoms with Crippen LogP contribution in [0.2, 0.25) is 0 Å². The predicted molar refractivity (Wildman–Crippen MR) is 155 cm³/mol. The van der Waals surface area contributed by atoms with E-state index in [1.807, 2.05) is 105 Å². The molecule has 0 fully saturated rings. The molecule has 3 rings (SSSR count). The van der Waals surface area contributed by atoms with Crippen LogP contribution >= 0.6 is 0 Å². The summed E-state index contributed by atoms with van der Waals surface area (Å²) >= 11 is 0. The molecule has 3 aromatic rings. The lowest BCUT2D eigenvalue weighted by Crippen LogP contribution is -2.37. The van der Waals surface area contributed by atoms with Crippen molar-refractivity contribution in [1.82, 2.24) is 16.0 Å². The third kappa shape index (κ3) is 10.4. The van der Waals surface area contributed by atoms with Crippen molar-refractivity contribution in [3.05, 3.63) is 114 Å². The standard InChI is InChI=1S/C33H40N3O3/c1-26(2)33(22-32(39)36-25-29-16-10-5-11-17-29,20-18-30(37)34-23-27-12-6-3-7-13-27)21-19-31(38)35-24-28-14-8-4-9-15-28/h3-17H,18-25H2,1-2H3,(H,34,37)(H,35,38)(H,36,39). The van der Waals surface area contributed by atoms with Crippen LogP contribution in [0.3, 0.4) is 0 Å². The van der Waals surface area contributed by atoms with Crippen molar-refractivity contribution in [2.75, 3.05) is 0 Å². The second-order valence-corrected chi connectivity index (χ2v) is 10.2. The van der Waals surface area contributed by atoms with Gasteiger partial charge in [-0.1, -0.05) is 105 Å². The molecule has 0 saturated heterocycles. The molecule has 0 aliphatic rings. The SMILES string of the molecule is C[C](C)C(CCC(=O)NCc1ccccc1)(CCC(=O)NCc1ccccc1)CC(=O)NCc1ccccc1. The fourth-order valence-electron chi connectivity index (χ4n) is 4.62.